The monoisotopic (exact) mass is 331 g/mol. The molecule has 18 heavy (non-hydrogen) atoms. The van der Waals surface area contributed by atoms with Gasteiger partial charge < -0.3 is 10.5 Å². The molecular weight excluding hydrogens is 310 g/mol. The summed E-state index contributed by atoms with van der Waals surface area (Å²) in [6.45, 7) is 2.84. The Hall–Kier alpha value is 0.1000. The zero-order chi connectivity index (χ0) is 13.0. The Morgan fingerprint density at radius 1 is 1.44 bits per heavy atom. The van der Waals surface area contributed by atoms with Crippen molar-refractivity contribution in [2.75, 3.05) is 6.54 Å². The Bertz CT molecular complexity index is 368. The van der Waals surface area contributed by atoms with Gasteiger partial charge in [-0.05, 0) is 46.8 Å². The van der Waals surface area contributed by atoms with Crippen molar-refractivity contribution in [3.05, 3.63) is 20.8 Å². The van der Waals surface area contributed by atoms with Gasteiger partial charge in [0.15, 0.2) is 0 Å². The van der Waals surface area contributed by atoms with Crippen molar-refractivity contribution < 1.29 is 4.74 Å². The van der Waals surface area contributed by atoms with Crippen LogP contribution >= 0.6 is 27.3 Å². The van der Waals surface area contributed by atoms with Crippen molar-refractivity contribution in [2.45, 2.75) is 51.2 Å². The minimum Gasteiger partial charge on any atom is -0.368 e. The van der Waals surface area contributed by atoms with Gasteiger partial charge in [0.05, 0.1) is 9.89 Å². The van der Waals surface area contributed by atoms with Gasteiger partial charge >= 0.3 is 0 Å². The molecule has 1 fully saturated rings. The topological polar surface area (TPSA) is 35.2 Å². The molecule has 4 heteroatoms. The molecule has 1 aromatic rings. The third-order valence-electron chi connectivity index (χ3n) is 3.83. The van der Waals surface area contributed by atoms with Crippen LogP contribution in [0.1, 0.15) is 50.0 Å². The van der Waals surface area contributed by atoms with E-state index in [2.05, 4.69) is 35.0 Å². The second kappa shape index (κ2) is 7.04. The van der Waals surface area contributed by atoms with Crippen molar-refractivity contribution in [1.82, 2.24) is 0 Å². The number of ether oxygens (including phenoxy) is 1. The van der Waals surface area contributed by atoms with Crippen molar-refractivity contribution in [3.8, 4) is 0 Å². The van der Waals surface area contributed by atoms with E-state index in [-0.39, 0.29) is 6.10 Å². The molecule has 0 bridgehead atoms. The van der Waals surface area contributed by atoms with Gasteiger partial charge in [-0.3, -0.25) is 0 Å². The summed E-state index contributed by atoms with van der Waals surface area (Å²) in [6, 6.07) is 4.19. The molecule has 102 valence electrons. The number of thiophene rings is 1. The van der Waals surface area contributed by atoms with Crippen molar-refractivity contribution in [3.63, 3.8) is 0 Å². The molecule has 1 aliphatic rings. The lowest BCUT2D eigenvalue weighted by Gasteiger charge is -2.33. The largest absolute Gasteiger partial charge is 0.368 e. The normalized spacial score (nSPS) is 26.2. The molecule has 3 unspecified atom stereocenters. The second-order valence-electron chi connectivity index (χ2n) is 4.99. The molecule has 2 N–H and O–H groups in total. The lowest BCUT2D eigenvalue weighted by molar-refractivity contribution is -0.0573. The van der Waals surface area contributed by atoms with Crippen LogP contribution in [0.4, 0.5) is 0 Å². The maximum Gasteiger partial charge on any atom is 0.104 e. The SMILES string of the molecule is CCC1CCCCC1OC(CN)c1ccc(Br)s1. The fraction of sp³-hybridized carbons (Fsp3) is 0.714. The minimum absolute atomic E-state index is 0.0680. The lowest BCUT2D eigenvalue weighted by Crippen LogP contribution is -2.30. The van der Waals surface area contributed by atoms with E-state index in [1.165, 1.54) is 37.0 Å². The summed E-state index contributed by atoms with van der Waals surface area (Å²) in [5, 5.41) is 0. The molecule has 0 aliphatic heterocycles. The first kappa shape index (κ1) is 14.5. The van der Waals surface area contributed by atoms with E-state index < -0.39 is 0 Å². The van der Waals surface area contributed by atoms with Crippen LogP contribution in [-0.2, 0) is 4.74 Å². The molecule has 0 spiro atoms. The highest BCUT2D eigenvalue weighted by Crippen LogP contribution is 2.35. The highest BCUT2D eigenvalue weighted by atomic mass is 79.9. The van der Waals surface area contributed by atoms with Crippen molar-refractivity contribution >= 4 is 27.3 Å². The van der Waals surface area contributed by atoms with Gasteiger partial charge in [-0.2, -0.15) is 0 Å². The van der Waals surface area contributed by atoms with Crippen molar-refractivity contribution in [2.24, 2.45) is 11.7 Å². The zero-order valence-corrected chi connectivity index (χ0v) is 13.3. The first-order valence-electron chi connectivity index (χ1n) is 6.85. The quantitative estimate of drug-likeness (QED) is 0.862. The van der Waals surface area contributed by atoms with E-state index in [0.29, 0.717) is 12.6 Å². The lowest BCUT2D eigenvalue weighted by atomic mass is 9.84. The summed E-state index contributed by atoms with van der Waals surface area (Å²) in [5.74, 6) is 0.719. The molecule has 0 saturated heterocycles. The fourth-order valence-corrected chi connectivity index (χ4v) is 4.24. The van der Waals surface area contributed by atoms with Gasteiger partial charge in [-0.25, -0.2) is 0 Å². The molecule has 1 saturated carbocycles. The molecule has 1 aromatic heterocycles. The van der Waals surface area contributed by atoms with E-state index in [1.54, 1.807) is 11.3 Å². The van der Waals surface area contributed by atoms with E-state index in [1.807, 2.05) is 0 Å². The third kappa shape index (κ3) is 3.56. The number of hydrogen-bond donors (Lipinski definition) is 1. The maximum absolute atomic E-state index is 6.31. The van der Waals surface area contributed by atoms with Crippen LogP contribution < -0.4 is 5.73 Å². The first-order valence-corrected chi connectivity index (χ1v) is 8.46. The molecule has 3 atom stereocenters. The summed E-state index contributed by atoms with van der Waals surface area (Å²) in [6.07, 6.45) is 6.85. The average molecular weight is 332 g/mol. The van der Waals surface area contributed by atoms with Gasteiger partial charge in [0.2, 0.25) is 0 Å². The number of halogens is 1. The Morgan fingerprint density at radius 2 is 2.22 bits per heavy atom. The Balaban J connectivity index is 2.00. The summed E-state index contributed by atoms with van der Waals surface area (Å²) in [5.41, 5.74) is 5.88. The van der Waals surface area contributed by atoms with Crippen LogP contribution in [0.25, 0.3) is 0 Å². The van der Waals surface area contributed by atoms with Crippen LogP contribution in [0, 0.1) is 5.92 Å². The maximum atomic E-state index is 6.31. The smallest absolute Gasteiger partial charge is 0.104 e. The Kier molecular flexibility index (Phi) is 5.67. The molecule has 2 nitrogen and oxygen atoms in total. The summed E-state index contributed by atoms with van der Waals surface area (Å²) < 4.78 is 7.46. The number of rotatable bonds is 5. The van der Waals surface area contributed by atoms with E-state index in [9.17, 15) is 0 Å². The zero-order valence-electron chi connectivity index (χ0n) is 10.9. The van der Waals surface area contributed by atoms with Gasteiger partial charge in [0, 0.05) is 11.4 Å². The van der Waals surface area contributed by atoms with Crippen LogP contribution in [-0.4, -0.2) is 12.6 Å². The molecular formula is C14H22BrNOS. The van der Waals surface area contributed by atoms with Crippen LogP contribution in [0.3, 0.4) is 0 Å². The van der Waals surface area contributed by atoms with Gasteiger partial charge in [0.25, 0.3) is 0 Å². The predicted octanol–water partition coefficient (Wildman–Crippen LogP) is 4.50. The first-order chi connectivity index (χ1) is 8.74. The summed E-state index contributed by atoms with van der Waals surface area (Å²) in [7, 11) is 0. The molecule has 0 radical (unpaired) electrons. The van der Waals surface area contributed by atoms with Gasteiger partial charge in [-0.15, -0.1) is 11.3 Å². The highest BCUT2D eigenvalue weighted by molar-refractivity contribution is 9.11. The standard InChI is InChI=1S/C14H22BrNOS/c1-2-10-5-3-4-6-11(10)17-12(9-16)13-7-8-14(15)18-13/h7-8,10-12H,2-6,9,16H2,1H3. The van der Waals surface area contributed by atoms with Crippen LogP contribution in [0.5, 0.6) is 0 Å². The molecule has 1 aliphatic carbocycles. The molecule has 0 aromatic carbocycles. The van der Waals surface area contributed by atoms with Gasteiger partial charge in [0.1, 0.15) is 6.10 Å². The van der Waals surface area contributed by atoms with E-state index in [4.69, 9.17) is 10.5 Å². The Labute approximate surface area is 122 Å². The summed E-state index contributed by atoms with van der Waals surface area (Å²) in [4.78, 5) is 1.24. The van der Waals surface area contributed by atoms with Crippen LogP contribution in [0.15, 0.2) is 15.9 Å². The Morgan fingerprint density at radius 3 is 2.83 bits per heavy atom. The number of nitrogens with two attached hydrogens (primary N) is 1. The van der Waals surface area contributed by atoms with Crippen molar-refractivity contribution in [1.29, 1.82) is 0 Å². The minimum atomic E-state index is 0.0680. The predicted molar refractivity (Wildman–Crippen MR) is 80.9 cm³/mol. The molecule has 1 heterocycles. The van der Waals surface area contributed by atoms with Gasteiger partial charge in [-0.1, -0.05) is 26.2 Å². The number of hydrogen-bond acceptors (Lipinski definition) is 3. The van der Waals surface area contributed by atoms with Crippen LogP contribution in [0.2, 0.25) is 0 Å². The molecule has 0 amide bonds. The molecule has 2 rings (SSSR count). The fourth-order valence-electron chi connectivity index (χ4n) is 2.77. The van der Waals surface area contributed by atoms with E-state index >= 15 is 0 Å². The average Bonchev–Trinajstić information content (AvgIpc) is 2.83. The van der Waals surface area contributed by atoms with E-state index in [0.717, 1.165) is 9.70 Å². The third-order valence-corrected chi connectivity index (χ3v) is 5.54. The highest BCUT2D eigenvalue weighted by Gasteiger charge is 2.27. The summed E-state index contributed by atoms with van der Waals surface area (Å²) >= 11 is 5.23. The second-order valence-corrected chi connectivity index (χ2v) is 7.49.